The Bertz CT molecular complexity index is 420. The van der Waals surface area contributed by atoms with Gasteiger partial charge in [0.15, 0.2) is 0 Å². The summed E-state index contributed by atoms with van der Waals surface area (Å²) in [5.41, 5.74) is 5.43. The van der Waals surface area contributed by atoms with Crippen LogP contribution in [0.4, 0.5) is 5.82 Å². The van der Waals surface area contributed by atoms with Crippen LogP contribution in [0.3, 0.4) is 0 Å². The highest BCUT2D eigenvalue weighted by Crippen LogP contribution is 2.19. The van der Waals surface area contributed by atoms with Gasteiger partial charge in [-0.25, -0.2) is 4.98 Å². The predicted molar refractivity (Wildman–Crippen MR) is 59.3 cm³/mol. The number of nitrogens with zero attached hydrogens (tertiary/aromatic N) is 1. The Labute approximate surface area is 83.0 Å². The molecule has 3 N–H and O–H groups in total. The van der Waals surface area contributed by atoms with E-state index in [0.29, 0.717) is 6.54 Å². The van der Waals surface area contributed by atoms with E-state index in [4.69, 9.17) is 5.73 Å². The zero-order valence-electron chi connectivity index (χ0n) is 7.90. The van der Waals surface area contributed by atoms with Gasteiger partial charge in [-0.2, -0.15) is 0 Å². The lowest BCUT2D eigenvalue weighted by atomic mass is 10.1. The largest absolute Gasteiger partial charge is 0.368 e. The minimum atomic E-state index is 0.616. The molecule has 0 aliphatic heterocycles. The van der Waals surface area contributed by atoms with Gasteiger partial charge < -0.3 is 11.1 Å². The van der Waals surface area contributed by atoms with Crippen LogP contribution in [0.15, 0.2) is 36.5 Å². The van der Waals surface area contributed by atoms with E-state index in [1.54, 1.807) is 6.20 Å². The second kappa shape index (κ2) is 4.07. The van der Waals surface area contributed by atoms with Gasteiger partial charge >= 0.3 is 0 Å². The molecular formula is C11H13N3. The van der Waals surface area contributed by atoms with Gasteiger partial charge in [-0.15, -0.1) is 0 Å². The summed E-state index contributed by atoms with van der Waals surface area (Å²) in [6, 6.07) is 10.2. The van der Waals surface area contributed by atoms with E-state index in [0.717, 1.165) is 17.7 Å². The van der Waals surface area contributed by atoms with Crippen LogP contribution in [0.2, 0.25) is 0 Å². The molecule has 0 spiro atoms. The molecule has 0 atom stereocenters. The molecule has 2 aromatic rings. The fourth-order valence-corrected chi connectivity index (χ4v) is 1.45. The number of benzene rings is 1. The third-order valence-corrected chi connectivity index (χ3v) is 2.11. The number of rotatable bonds is 3. The third-order valence-electron chi connectivity index (χ3n) is 2.11. The summed E-state index contributed by atoms with van der Waals surface area (Å²) in [7, 11) is 0. The third kappa shape index (κ3) is 1.67. The van der Waals surface area contributed by atoms with Crippen LogP contribution < -0.4 is 11.1 Å². The number of fused-ring (bicyclic) bond motifs is 1. The van der Waals surface area contributed by atoms with Crippen molar-refractivity contribution in [2.24, 2.45) is 5.73 Å². The molecule has 2 rings (SSSR count). The van der Waals surface area contributed by atoms with Gasteiger partial charge in [0.05, 0.1) is 0 Å². The maximum absolute atomic E-state index is 5.43. The van der Waals surface area contributed by atoms with Crippen LogP contribution in [-0.2, 0) is 0 Å². The van der Waals surface area contributed by atoms with Crippen LogP contribution >= 0.6 is 0 Å². The molecule has 0 saturated heterocycles. The monoisotopic (exact) mass is 187 g/mol. The molecule has 3 nitrogen and oxygen atoms in total. The molecule has 0 aliphatic carbocycles. The topological polar surface area (TPSA) is 50.9 Å². The fraction of sp³-hybridized carbons (Fsp3) is 0.182. The molecular weight excluding hydrogens is 174 g/mol. The molecule has 0 saturated carbocycles. The molecule has 3 heteroatoms. The van der Waals surface area contributed by atoms with Crippen molar-refractivity contribution in [2.45, 2.75) is 0 Å². The van der Waals surface area contributed by atoms with E-state index in [1.165, 1.54) is 5.39 Å². The molecule has 72 valence electrons. The van der Waals surface area contributed by atoms with Crippen molar-refractivity contribution in [3.05, 3.63) is 36.5 Å². The van der Waals surface area contributed by atoms with E-state index in [-0.39, 0.29) is 0 Å². The number of anilines is 1. The van der Waals surface area contributed by atoms with Crippen LogP contribution in [0, 0.1) is 0 Å². The normalized spacial score (nSPS) is 10.4. The lowest BCUT2D eigenvalue weighted by Crippen LogP contribution is -2.13. The van der Waals surface area contributed by atoms with Crippen molar-refractivity contribution in [3.8, 4) is 0 Å². The Balaban J connectivity index is 2.43. The van der Waals surface area contributed by atoms with Crippen molar-refractivity contribution in [1.29, 1.82) is 0 Å². The minimum absolute atomic E-state index is 0.616. The summed E-state index contributed by atoms with van der Waals surface area (Å²) in [6.45, 7) is 1.37. The van der Waals surface area contributed by atoms with E-state index in [1.807, 2.05) is 18.2 Å². The Morgan fingerprint density at radius 3 is 2.93 bits per heavy atom. The van der Waals surface area contributed by atoms with Gasteiger partial charge in [-0.3, -0.25) is 0 Å². The average molecular weight is 187 g/mol. The van der Waals surface area contributed by atoms with Gasteiger partial charge in [0.25, 0.3) is 0 Å². The lowest BCUT2D eigenvalue weighted by Gasteiger charge is -2.06. The Hall–Kier alpha value is -1.61. The highest BCUT2D eigenvalue weighted by atomic mass is 15.0. The fourth-order valence-electron chi connectivity index (χ4n) is 1.45. The summed E-state index contributed by atoms with van der Waals surface area (Å²) in [5, 5.41) is 5.54. The van der Waals surface area contributed by atoms with Gasteiger partial charge in [0, 0.05) is 24.7 Å². The highest BCUT2D eigenvalue weighted by Gasteiger charge is 1.98. The van der Waals surface area contributed by atoms with Crippen LogP contribution in [0.1, 0.15) is 0 Å². The molecule has 14 heavy (non-hydrogen) atoms. The summed E-state index contributed by atoms with van der Waals surface area (Å²) < 4.78 is 0. The van der Waals surface area contributed by atoms with Gasteiger partial charge in [-0.1, -0.05) is 24.3 Å². The van der Waals surface area contributed by atoms with Gasteiger partial charge in [0.1, 0.15) is 5.82 Å². The van der Waals surface area contributed by atoms with Crippen molar-refractivity contribution < 1.29 is 0 Å². The molecule has 0 fully saturated rings. The number of hydrogen-bond acceptors (Lipinski definition) is 3. The lowest BCUT2D eigenvalue weighted by molar-refractivity contribution is 1.02. The molecule has 0 radical (unpaired) electrons. The van der Waals surface area contributed by atoms with Gasteiger partial charge in [0.2, 0.25) is 0 Å². The van der Waals surface area contributed by atoms with Crippen LogP contribution in [0.5, 0.6) is 0 Å². The number of aromatic nitrogens is 1. The predicted octanol–water partition coefficient (Wildman–Crippen LogP) is 1.61. The first-order valence-electron chi connectivity index (χ1n) is 4.69. The summed E-state index contributed by atoms with van der Waals surface area (Å²) in [6.07, 6.45) is 1.81. The smallest absolute Gasteiger partial charge is 0.133 e. The van der Waals surface area contributed by atoms with E-state index >= 15 is 0 Å². The summed E-state index contributed by atoms with van der Waals surface area (Å²) >= 11 is 0. The van der Waals surface area contributed by atoms with Gasteiger partial charge in [-0.05, 0) is 11.5 Å². The maximum Gasteiger partial charge on any atom is 0.133 e. The second-order valence-electron chi connectivity index (χ2n) is 3.10. The quantitative estimate of drug-likeness (QED) is 0.767. The Morgan fingerprint density at radius 2 is 2.07 bits per heavy atom. The first kappa shape index (κ1) is 8.97. The standard InChI is InChI=1S/C11H13N3/c12-6-8-14-11-10-4-2-1-3-9(10)5-7-13-11/h1-5,7H,6,8,12H2,(H,13,14). The van der Waals surface area contributed by atoms with Crippen molar-refractivity contribution in [2.75, 3.05) is 18.4 Å². The van der Waals surface area contributed by atoms with Crippen molar-refractivity contribution in [3.63, 3.8) is 0 Å². The SMILES string of the molecule is NCCNc1nccc2ccccc12. The molecule has 1 aromatic carbocycles. The maximum atomic E-state index is 5.43. The van der Waals surface area contributed by atoms with Crippen LogP contribution in [-0.4, -0.2) is 18.1 Å². The summed E-state index contributed by atoms with van der Waals surface area (Å²) in [5.74, 6) is 0.911. The molecule has 0 amide bonds. The number of nitrogens with two attached hydrogens (primary N) is 1. The molecule has 0 aliphatic rings. The minimum Gasteiger partial charge on any atom is -0.368 e. The number of pyridine rings is 1. The number of hydrogen-bond donors (Lipinski definition) is 2. The zero-order chi connectivity index (χ0) is 9.80. The Kier molecular flexibility index (Phi) is 2.60. The zero-order valence-corrected chi connectivity index (χ0v) is 7.90. The molecule has 0 bridgehead atoms. The van der Waals surface area contributed by atoms with Crippen molar-refractivity contribution in [1.82, 2.24) is 4.98 Å². The first-order valence-corrected chi connectivity index (χ1v) is 4.69. The molecule has 1 heterocycles. The van der Waals surface area contributed by atoms with E-state index < -0.39 is 0 Å². The van der Waals surface area contributed by atoms with E-state index in [9.17, 15) is 0 Å². The van der Waals surface area contributed by atoms with Crippen molar-refractivity contribution >= 4 is 16.6 Å². The van der Waals surface area contributed by atoms with E-state index in [2.05, 4.69) is 22.4 Å². The molecule has 0 unspecified atom stereocenters. The summed E-state index contributed by atoms with van der Waals surface area (Å²) in [4.78, 5) is 4.28. The number of nitrogens with one attached hydrogen (secondary N) is 1. The van der Waals surface area contributed by atoms with Crippen LogP contribution in [0.25, 0.3) is 10.8 Å². The average Bonchev–Trinajstić information content (AvgIpc) is 2.26. The highest BCUT2D eigenvalue weighted by molar-refractivity contribution is 5.91. The molecule has 1 aromatic heterocycles. The second-order valence-corrected chi connectivity index (χ2v) is 3.10. The first-order chi connectivity index (χ1) is 6.92. The Morgan fingerprint density at radius 1 is 1.21 bits per heavy atom.